The van der Waals surface area contributed by atoms with E-state index in [2.05, 4.69) is 14.9 Å². The lowest BCUT2D eigenvalue weighted by Gasteiger charge is -2.17. The Hall–Kier alpha value is -3.07. The zero-order valence-electron chi connectivity index (χ0n) is 16.3. The summed E-state index contributed by atoms with van der Waals surface area (Å²) in [5.41, 5.74) is 1.34. The smallest absolute Gasteiger partial charge is 0.247 e. The lowest BCUT2D eigenvalue weighted by Crippen LogP contribution is -2.30. The first-order valence-corrected chi connectivity index (χ1v) is 11.1. The van der Waals surface area contributed by atoms with Crippen LogP contribution in [-0.2, 0) is 10.0 Å². The molecule has 158 valence electrons. The Morgan fingerprint density at radius 1 is 1.00 bits per heavy atom. The molecule has 0 spiro atoms. The first-order valence-electron chi connectivity index (χ1n) is 9.27. The van der Waals surface area contributed by atoms with E-state index >= 15 is 0 Å². The molecular weight excluding hydrogens is 441 g/mol. The molecule has 31 heavy (non-hydrogen) atoms. The average Bonchev–Trinajstić information content (AvgIpc) is 3.25. The lowest BCUT2D eigenvalue weighted by atomic mass is 10.1. The van der Waals surface area contributed by atoms with Crippen molar-refractivity contribution in [2.75, 3.05) is 0 Å². The van der Waals surface area contributed by atoms with Crippen LogP contribution in [0.3, 0.4) is 0 Å². The van der Waals surface area contributed by atoms with Gasteiger partial charge < -0.3 is 4.42 Å². The molecule has 0 radical (unpaired) electrons. The fourth-order valence-electron chi connectivity index (χ4n) is 3.01. The SMILES string of the molecule is Cc1cc(S(=O)(=O)N[C@H](c2nnc(-c3ccccc3)o2)c2ccccc2Cl)ccc1F. The van der Waals surface area contributed by atoms with E-state index in [1.807, 2.05) is 18.2 Å². The standard InChI is InChI=1S/C22H17ClFN3O3S/c1-14-13-16(11-12-19(14)24)31(28,29)27-20(17-9-5-6-10-18(17)23)22-26-25-21(30-22)15-7-3-2-4-8-15/h2-13,20,27H,1H3/t20-/m0/s1. The minimum absolute atomic E-state index is 0.0226. The van der Waals surface area contributed by atoms with E-state index in [-0.39, 0.29) is 22.2 Å². The van der Waals surface area contributed by atoms with Crippen LogP contribution in [0.15, 0.2) is 82.1 Å². The number of sulfonamides is 1. The van der Waals surface area contributed by atoms with E-state index in [0.717, 1.165) is 6.07 Å². The molecule has 0 aliphatic carbocycles. The molecule has 0 aliphatic heterocycles. The van der Waals surface area contributed by atoms with Crippen molar-refractivity contribution in [2.45, 2.75) is 17.9 Å². The van der Waals surface area contributed by atoms with Crippen LogP contribution in [0, 0.1) is 12.7 Å². The molecule has 1 atom stereocenters. The van der Waals surface area contributed by atoms with Gasteiger partial charge in [-0.1, -0.05) is 48.0 Å². The van der Waals surface area contributed by atoms with Crippen LogP contribution in [0.4, 0.5) is 4.39 Å². The summed E-state index contributed by atoms with van der Waals surface area (Å²) in [4.78, 5) is -0.0914. The van der Waals surface area contributed by atoms with E-state index in [4.69, 9.17) is 16.0 Å². The number of hydrogen-bond donors (Lipinski definition) is 1. The minimum Gasteiger partial charge on any atom is -0.419 e. The molecule has 3 aromatic carbocycles. The van der Waals surface area contributed by atoms with Crippen molar-refractivity contribution in [3.05, 3.63) is 101 Å². The Labute approximate surface area is 183 Å². The van der Waals surface area contributed by atoms with Crippen molar-refractivity contribution >= 4 is 21.6 Å². The number of rotatable bonds is 6. The second kappa shape index (κ2) is 8.58. The Morgan fingerprint density at radius 2 is 1.71 bits per heavy atom. The van der Waals surface area contributed by atoms with Crippen LogP contribution in [0.1, 0.15) is 23.1 Å². The predicted octanol–water partition coefficient (Wildman–Crippen LogP) is 4.91. The molecule has 0 aliphatic rings. The van der Waals surface area contributed by atoms with Gasteiger partial charge in [0.2, 0.25) is 21.8 Å². The average molecular weight is 458 g/mol. The number of nitrogens with zero attached hydrogens (tertiary/aromatic N) is 2. The van der Waals surface area contributed by atoms with E-state index < -0.39 is 21.9 Å². The molecular formula is C22H17ClFN3O3S. The van der Waals surface area contributed by atoms with Gasteiger partial charge in [-0.3, -0.25) is 0 Å². The van der Waals surface area contributed by atoms with Crippen LogP contribution in [-0.4, -0.2) is 18.6 Å². The van der Waals surface area contributed by atoms with E-state index in [1.165, 1.54) is 19.1 Å². The highest BCUT2D eigenvalue weighted by atomic mass is 35.5. The summed E-state index contributed by atoms with van der Waals surface area (Å²) in [6.07, 6.45) is 0. The quantitative estimate of drug-likeness (QED) is 0.445. The molecule has 9 heteroatoms. The third-order valence-corrected chi connectivity index (χ3v) is 6.40. The van der Waals surface area contributed by atoms with Crippen molar-refractivity contribution in [3.8, 4) is 11.5 Å². The largest absolute Gasteiger partial charge is 0.419 e. The Balaban J connectivity index is 1.76. The summed E-state index contributed by atoms with van der Waals surface area (Å²) >= 11 is 6.34. The number of nitrogens with one attached hydrogen (secondary N) is 1. The Morgan fingerprint density at radius 3 is 2.42 bits per heavy atom. The molecule has 1 heterocycles. The summed E-state index contributed by atoms with van der Waals surface area (Å²) < 4.78 is 48.1. The van der Waals surface area contributed by atoms with Gasteiger partial charge in [0.05, 0.1) is 4.90 Å². The number of hydrogen-bond acceptors (Lipinski definition) is 5. The zero-order chi connectivity index (χ0) is 22.0. The molecule has 0 amide bonds. The molecule has 0 fully saturated rings. The summed E-state index contributed by atoms with van der Waals surface area (Å²) in [5, 5.41) is 8.43. The van der Waals surface area contributed by atoms with Crippen LogP contribution < -0.4 is 4.72 Å². The van der Waals surface area contributed by atoms with Gasteiger partial charge in [0.25, 0.3) is 0 Å². The molecule has 0 bridgehead atoms. The molecule has 4 rings (SSSR count). The van der Waals surface area contributed by atoms with Crippen LogP contribution in [0.2, 0.25) is 5.02 Å². The summed E-state index contributed by atoms with van der Waals surface area (Å²) in [5.74, 6) is -0.232. The molecule has 1 aromatic heterocycles. The van der Waals surface area contributed by atoms with Crippen molar-refractivity contribution in [1.29, 1.82) is 0 Å². The van der Waals surface area contributed by atoms with Gasteiger partial charge in [-0.15, -0.1) is 10.2 Å². The van der Waals surface area contributed by atoms with Crippen LogP contribution in [0.25, 0.3) is 11.5 Å². The number of halogens is 2. The van der Waals surface area contributed by atoms with Crippen LogP contribution in [0.5, 0.6) is 0 Å². The van der Waals surface area contributed by atoms with Gasteiger partial charge in [0.15, 0.2) is 0 Å². The summed E-state index contributed by atoms with van der Waals surface area (Å²) in [6, 6.07) is 18.3. The van der Waals surface area contributed by atoms with Gasteiger partial charge in [-0.05, 0) is 54.4 Å². The maximum Gasteiger partial charge on any atom is 0.247 e. The van der Waals surface area contributed by atoms with E-state index in [9.17, 15) is 12.8 Å². The number of aryl methyl sites for hydroxylation is 1. The minimum atomic E-state index is -4.07. The fourth-order valence-corrected chi connectivity index (χ4v) is 4.51. The van der Waals surface area contributed by atoms with Crippen molar-refractivity contribution in [1.82, 2.24) is 14.9 Å². The van der Waals surface area contributed by atoms with Gasteiger partial charge in [0.1, 0.15) is 11.9 Å². The van der Waals surface area contributed by atoms with Gasteiger partial charge in [-0.2, -0.15) is 4.72 Å². The van der Waals surface area contributed by atoms with Gasteiger partial charge in [0, 0.05) is 10.6 Å². The fraction of sp³-hybridized carbons (Fsp3) is 0.0909. The highest BCUT2D eigenvalue weighted by Gasteiger charge is 2.29. The highest BCUT2D eigenvalue weighted by molar-refractivity contribution is 7.89. The normalized spacial score (nSPS) is 12.6. The lowest BCUT2D eigenvalue weighted by molar-refractivity contribution is 0.464. The number of aromatic nitrogens is 2. The molecule has 0 saturated heterocycles. The second-order valence-electron chi connectivity index (χ2n) is 6.80. The van der Waals surface area contributed by atoms with Gasteiger partial charge >= 0.3 is 0 Å². The topological polar surface area (TPSA) is 85.1 Å². The van der Waals surface area contributed by atoms with E-state index in [0.29, 0.717) is 16.1 Å². The highest BCUT2D eigenvalue weighted by Crippen LogP contribution is 2.31. The van der Waals surface area contributed by atoms with Crippen LogP contribution >= 0.6 is 11.6 Å². The molecule has 0 saturated carbocycles. The second-order valence-corrected chi connectivity index (χ2v) is 8.92. The van der Waals surface area contributed by atoms with E-state index in [1.54, 1.807) is 36.4 Å². The van der Waals surface area contributed by atoms with Crippen molar-refractivity contribution in [3.63, 3.8) is 0 Å². The molecule has 1 N–H and O–H groups in total. The Kier molecular flexibility index (Phi) is 5.86. The number of benzene rings is 3. The monoisotopic (exact) mass is 457 g/mol. The van der Waals surface area contributed by atoms with Gasteiger partial charge in [-0.25, -0.2) is 12.8 Å². The predicted molar refractivity (Wildman–Crippen MR) is 114 cm³/mol. The maximum atomic E-state index is 13.6. The molecule has 0 unspecified atom stereocenters. The first-order chi connectivity index (χ1) is 14.8. The van der Waals surface area contributed by atoms with Crippen molar-refractivity contribution < 1.29 is 17.2 Å². The third kappa shape index (κ3) is 4.51. The summed E-state index contributed by atoms with van der Waals surface area (Å²) in [6.45, 7) is 1.49. The maximum absolute atomic E-state index is 13.6. The third-order valence-electron chi connectivity index (χ3n) is 4.64. The summed E-state index contributed by atoms with van der Waals surface area (Å²) in [7, 11) is -4.07. The molecule has 6 nitrogen and oxygen atoms in total. The van der Waals surface area contributed by atoms with Crippen molar-refractivity contribution in [2.24, 2.45) is 0 Å². The molecule has 4 aromatic rings. The first kappa shape index (κ1) is 21.2. The Bertz CT molecular complexity index is 1330. The zero-order valence-corrected chi connectivity index (χ0v) is 17.9.